The van der Waals surface area contributed by atoms with Gasteiger partial charge in [0.1, 0.15) is 10.8 Å². The molecule has 0 saturated carbocycles. The normalized spacial score (nSPS) is 18.5. The summed E-state index contributed by atoms with van der Waals surface area (Å²) in [5.41, 5.74) is 6.80. The summed E-state index contributed by atoms with van der Waals surface area (Å²) < 4.78 is 4.13. The molecule has 4 nitrogen and oxygen atoms in total. The van der Waals surface area contributed by atoms with Gasteiger partial charge in [0.05, 0.1) is 0 Å². The van der Waals surface area contributed by atoms with Crippen LogP contribution in [-0.4, -0.2) is 35.5 Å². The van der Waals surface area contributed by atoms with Crippen molar-refractivity contribution in [1.29, 1.82) is 0 Å². The van der Waals surface area contributed by atoms with Gasteiger partial charge >= 0.3 is 0 Å². The minimum absolute atomic E-state index is 0.657. The number of nitrogens with zero attached hydrogens (tertiary/aromatic N) is 2. The quantitative estimate of drug-likeness (QED) is 0.864. The maximum absolute atomic E-state index is 5.72. The van der Waals surface area contributed by atoms with Crippen molar-refractivity contribution in [3.63, 3.8) is 0 Å². The second kappa shape index (κ2) is 5.69. The lowest BCUT2D eigenvalue weighted by Gasteiger charge is -2.30. The zero-order valence-corrected chi connectivity index (χ0v) is 11.5. The number of likely N-dealkylation sites (tertiary alicyclic amines) is 1. The van der Waals surface area contributed by atoms with Crippen LogP contribution < -0.4 is 11.1 Å². The number of rotatable bonds is 4. The third-order valence-electron chi connectivity index (χ3n) is 3.55. The van der Waals surface area contributed by atoms with E-state index in [0.717, 1.165) is 29.6 Å². The van der Waals surface area contributed by atoms with Gasteiger partial charge in [0.2, 0.25) is 0 Å². The van der Waals surface area contributed by atoms with Gasteiger partial charge in [0.25, 0.3) is 0 Å². The molecule has 1 saturated heterocycles. The number of anilines is 2. The fraction of sp³-hybridized carbons (Fsp3) is 0.750. The van der Waals surface area contributed by atoms with Crippen LogP contribution in [0.15, 0.2) is 0 Å². The molecule has 1 fully saturated rings. The molecule has 0 aliphatic carbocycles. The lowest BCUT2D eigenvalue weighted by atomic mass is 9.99. The predicted octanol–water partition coefficient (Wildman–Crippen LogP) is 2.18. The van der Waals surface area contributed by atoms with E-state index in [1.807, 2.05) is 6.92 Å². The minimum Gasteiger partial charge on any atom is -0.383 e. The van der Waals surface area contributed by atoms with E-state index in [1.54, 1.807) is 0 Å². The molecular formula is C12H22N4S. The molecule has 96 valence electrons. The number of nitrogen functional groups attached to an aromatic ring is 1. The van der Waals surface area contributed by atoms with Crippen molar-refractivity contribution in [1.82, 2.24) is 9.27 Å². The molecule has 0 amide bonds. The van der Waals surface area contributed by atoms with Crippen LogP contribution in [0.5, 0.6) is 0 Å². The highest BCUT2D eigenvalue weighted by atomic mass is 32.1. The van der Waals surface area contributed by atoms with Crippen LogP contribution in [0.2, 0.25) is 0 Å². The summed E-state index contributed by atoms with van der Waals surface area (Å²) in [5, 5.41) is 4.55. The molecule has 3 N–H and O–H groups in total. The predicted molar refractivity (Wildman–Crippen MR) is 74.6 cm³/mol. The van der Waals surface area contributed by atoms with Crippen LogP contribution in [0, 0.1) is 12.8 Å². The van der Waals surface area contributed by atoms with Crippen molar-refractivity contribution in [3.8, 4) is 0 Å². The molecule has 0 atom stereocenters. The Hall–Kier alpha value is -0.810. The zero-order chi connectivity index (χ0) is 12.3. The molecule has 0 bridgehead atoms. The van der Waals surface area contributed by atoms with Crippen LogP contribution in [0.3, 0.4) is 0 Å². The molecule has 0 unspecified atom stereocenters. The summed E-state index contributed by atoms with van der Waals surface area (Å²) in [6, 6.07) is 0. The van der Waals surface area contributed by atoms with E-state index < -0.39 is 0 Å². The van der Waals surface area contributed by atoms with Crippen LogP contribution in [0.4, 0.5) is 10.8 Å². The summed E-state index contributed by atoms with van der Waals surface area (Å²) >= 11 is 1.46. The van der Waals surface area contributed by atoms with Crippen molar-refractivity contribution in [2.75, 3.05) is 37.2 Å². The zero-order valence-electron chi connectivity index (χ0n) is 10.7. The first kappa shape index (κ1) is 12.6. The average Bonchev–Trinajstić information content (AvgIpc) is 2.64. The van der Waals surface area contributed by atoms with Crippen molar-refractivity contribution in [2.45, 2.75) is 26.7 Å². The lowest BCUT2D eigenvalue weighted by Crippen LogP contribution is -2.36. The van der Waals surface area contributed by atoms with Gasteiger partial charge in [-0.25, -0.2) is 0 Å². The topological polar surface area (TPSA) is 54.2 Å². The van der Waals surface area contributed by atoms with Crippen molar-refractivity contribution < 1.29 is 0 Å². The Morgan fingerprint density at radius 2 is 2.18 bits per heavy atom. The monoisotopic (exact) mass is 254 g/mol. The second-order valence-electron chi connectivity index (χ2n) is 4.97. The minimum atomic E-state index is 0.657. The van der Waals surface area contributed by atoms with E-state index in [0.29, 0.717) is 5.82 Å². The van der Waals surface area contributed by atoms with Crippen LogP contribution in [0.25, 0.3) is 0 Å². The molecule has 0 spiro atoms. The fourth-order valence-electron chi connectivity index (χ4n) is 2.13. The Bertz CT molecular complexity index is 355. The van der Waals surface area contributed by atoms with Crippen molar-refractivity contribution in [2.24, 2.45) is 5.92 Å². The molecule has 17 heavy (non-hydrogen) atoms. The van der Waals surface area contributed by atoms with Crippen LogP contribution in [-0.2, 0) is 0 Å². The van der Waals surface area contributed by atoms with E-state index in [9.17, 15) is 0 Å². The SMILES string of the molecule is Cc1c(N)nsc1NCCN1CCC(C)CC1. The molecule has 1 aliphatic rings. The molecule has 2 heterocycles. The highest BCUT2D eigenvalue weighted by Gasteiger charge is 2.15. The van der Waals surface area contributed by atoms with E-state index in [2.05, 4.69) is 21.5 Å². The Morgan fingerprint density at radius 3 is 2.76 bits per heavy atom. The summed E-state index contributed by atoms with van der Waals surface area (Å²) in [5.74, 6) is 1.56. The molecule has 1 aliphatic heterocycles. The number of nitrogens with two attached hydrogens (primary N) is 1. The second-order valence-corrected chi connectivity index (χ2v) is 5.75. The lowest BCUT2D eigenvalue weighted by molar-refractivity contribution is 0.199. The molecule has 0 aromatic carbocycles. The number of hydrogen-bond donors (Lipinski definition) is 2. The van der Waals surface area contributed by atoms with E-state index >= 15 is 0 Å². The van der Waals surface area contributed by atoms with Gasteiger partial charge in [-0.1, -0.05) is 6.92 Å². The van der Waals surface area contributed by atoms with Gasteiger partial charge in [-0.15, -0.1) is 0 Å². The molecule has 2 rings (SSSR count). The summed E-state index contributed by atoms with van der Waals surface area (Å²) in [7, 11) is 0. The standard InChI is InChI=1S/C12H22N4S/c1-9-3-6-16(7-4-9)8-5-14-12-10(2)11(13)15-17-12/h9,14H,3-8H2,1-2H3,(H2,13,15). The van der Waals surface area contributed by atoms with Crippen LogP contribution >= 0.6 is 11.5 Å². The highest BCUT2D eigenvalue weighted by molar-refractivity contribution is 7.10. The highest BCUT2D eigenvalue weighted by Crippen LogP contribution is 2.25. The number of piperidine rings is 1. The van der Waals surface area contributed by atoms with Crippen LogP contribution in [0.1, 0.15) is 25.3 Å². The van der Waals surface area contributed by atoms with Gasteiger partial charge in [-0.2, -0.15) is 4.37 Å². The molecule has 0 radical (unpaired) electrons. The first-order valence-corrected chi connectivity index (χ1v) is 7.12. The third kappa shape index (κ3) is 3.33. The summed E-state index contributed by atoms with van der Waals surface area (Å²) in [4.78, 5) is 2.53. The molecule has 5 heteroatoms. The van der Waals surface area contributed by atoms with Gasteiger partial charge in [0, 0.05) is 18.7 Å². The molecule has 1 aromatic heterocycles. The Labute approximate surface area is 107 Å². The molecular weight excluding hydrogens is 232 g/mol. The largest absolute Gasteiger partial charge is 0.383 e. The fourth-order valence-corrected chi connectivity index (χ4v) is 2.86. The maximum atomic E-state index is 5.72. The summed E-state index contributed by atoms with van der Waals surface area (Å²) in [6.07, 6.45) is 2.68. The van der Waals surface area contributed by atoms with E-state index in [1.165, 1.54) is 37.5 Å². The molecule has 1 aromatic rings. The van der Waals surface area contributed by atoms with E-state index in [4.69, 9.17) is 5.73 Å². The average molecular weight is 254 g/mol. The van der Waals surface area contributed by atoms with Gasteiger partial charge in [0.15, 0.2) is 0 Å². The maximum Gasteiger partial charge on any atom is 0.142 e. The van der Waals surface area contributed by atoms with E-state index in [-0.39, 0.29) is 0 Å². The number of nitrogens with one attached hydrogen (secondary N) is 1. The smallest absolute Gasteiger partial charge is 0.142 e. The Kier molecular flexibility index (Phi) is 4.23. The van der Waals surface area contributed by atoms with Gasteiger partial charge in [-0.3, -0.25) is 0 Å². The Balaban J connectivity index is 1.71. The third-order valence-corrected chi connectivity index (χ3v) is 4.47. The first-order chi connectivity index (χ1) is 8.16. The van der Waals surface area contributed by atoms with Gasteiger partial charge < -0.3 is 16.0 Å². The van der Waals surface area contributed by atoms with Crippen molar-refractivity contribution >= 4 is 22.4 Å². The van der Waals surface area contributed by atoms with Crippen molar-refractivity contribution in [3.05, 3.63) is 5.56 Å². The first-order valence-electron chi connectivity index (χ1n) is 6.35. The summed E-state index contributed by atoms with van der Waals surface area (Å²) in [6.45, 7) is 8.95. The number of aromatic nitrogens is 1. The number of hydrogen-bond acceptors (Lipinski definition) is 5. The Morgan fingerprint density at radius 1 is 1.47 bits per heavy atom. The van der Waals surface area contributed by atoms with Gasteiger partial charge in [-0.05, 0) is 50.3 Å².